The van der Waals surface area contributed by atoms with E-state index in [0.29, 0.717) is 26.8 Å². The maximum absolute atomic E-state index is 13.4. The van der Waals surface area contributed by atoms with E-state index < -0.39 is 5.97 Å². The van der Waals surface area contributed by atoms with E-state index in [0.717, 1.165) is 21.7 Å². The van der Waals surface area contributed by atoms with Crippen molar-refractivity contribution in [3.8, 4) is 11.4 Å². The highest BCUT2D eigenvalue weighted by molar-refractivity contribution is 7.18. The van der Waals surface area contributed by atoms with Crippen LogP contribution in [0.2, 0.25) is 0 Å². The molecule has 2 aromatic heterocycles. The van der Waals surface area contributed by atoms with Gasteiger partial charge in [0, 0.05) is 5.56 Å². The Labute approximate surface area is 164 Å². The van der Waals surface area contributed by atoms with Crippen molar-refractivity contribution in [3.05, 3.63) is 46.1 Å². The third-order valence-electron chi connectivity index (χ3n) is 3.80. The molecule has 0 unspecified atom stereocenters. The number of amides is 1. The molecule has 0 saturated heterocycles. The van der Waals surface area contributed by atoms with Crippen LogP contribution in [0.15, 0.2) is 24.3 Å². The molecular weight excluding hydrogens is 385 g/mol. The lowest BCUT2D eigenvalue weighted by Crippen LogP contribution is -2.20. The largest absolute Gasteiger partial charge is 0.462 e. The smallest absolute Gasteiger partial charge is 0.348 e. The predicted octanol–water partition coefficient (Wildman–Crippen LogP) is 2.97. The lowest BCUT2D eigenvalue weighted by molar-refractivity contribution is -0.117. The summed E-state index contributed by atoms with van der Waals surface area (Å²) in [7, 11) is 0. The summed E-state index contributed by atoms with van der Waals surface area (Å²) in [5, 5.41) is 15.1. The minimum atomic E-state index is -0.414. The van der Waals surface area contributed by atoms with E-state index in [9.17, 15) is 14.0 Å². The number of esters is 1. The SMILES string of the molecule is CCOC(=O)c1sc(NC(=O)Cn2nnc(-c3ccc(F)c(C)c3)n2)cc1C. The average Bonchev–Trinajstić information content (AvgIpc) is 3.24. The summed E-state index contributed by atoms with van der Waals surface area (Å²) in [4.78, 5) is 25.7. The van der Waals surface area contributed by atoms with Crippen molar-refractivity contribution in [2.45, 2.75) is 27.3 Å². The number of nitrogens with one attached hydrogen (secondary N) is 1. The molecule has 0 bridgehead atoms. The molecule has 0 atom stereocenters. The molecule has 3 rings (SSSR count). The number of halogens is 1. The molecule has 0 spiro atoms. The van der Waals surface area contributed by atoms with Gasteiger partial charge in [0.15, 0.2) is 0 Å². The fraction of sp³-hybridized carbons (Fsp3) is 0.278. The van der Waals surface area contributed by atoms with Gasteiger partial charge >= 0.3 is 5.97 Å². The molecule has 1 N–H and O–H groups in total. The van der Waals surface area contributed by atoms with Gasteiger partial charge in [-0.05, 0) is 61.4 Å². The van der Waals surface area contributed by atoms with Crippen molar-refractivity contribution in [3.63, 3.8) is 0 Å². The van der Waals surface area contributed by atoms with E-state index >= 15 is 0 Å². The highest BCUT2D eigenvalue weighted by atomic mass is 32.1. The van der Waals surface area contributed by atoms with Crippen molar-refractivity contribution in [2.24, 2.45) is 0 Å². The molecule has 0 radical (unpaired) electrons. The number of ether oxygens (including phenoxy) is 1. The molecule has 146 valence electrons. The second-order valence-electron chi connectivity index (χ2n) is 6.00. The van der Waals surface area contributed by atoms with Gasteiger partial charge in [0.2, 0.25) is 11.7 Å². The summed E-state index contributed by atoms with van der Waals surface area (Å²) in [6.07, 6.45) is 0. The number of carbonyl (C=O) groups is 2. The van der Waals surface area contributed by atoms with Crippen LogP contribution in [0.25, 0.3) is 11.4 Å². The van der Waals surface area contributed by atoms with Crippen molar-refractivity contribution in [1.29, 1.82) is 0 Å². The summed E-state index contributed by atoms with van der Waals surface area (Å²) in [6, 6.07) is 6.20. The molecular formula is C18H18FN5O3S. The number of hydrogen-bond donors (Lipinski definition) is 1. The Balaban J connectivity index is 1.66. The van der Waals surface area contributed by atoms with Crippen LogP contribution in [0.3, 0.4) is 0 Å². The summed E-state index contributed by atoms with van der Waals surface area (Å²) in [5.74, 6) is -0.796. The molecule has 0 fully saturated rings. The number of rotatable bonds is 6. The Morgan fingerprint density at radius 2 is 2.04 bits per heavy atom. The molecule has 2 heterocycles. The fourth-order valence-corrected chi connectivity index (χ4v) is 3.44. The third kappa shape index (κ3) is 4.39. The first-order valence-electron chi connectivity index (χ1n) is 8.49. The Morgan fingerprint density at radius 3 is 2.75 bits per heavy atom. The van der Waals surface area contributed by atoms with Crippen LogP contribution in [-0.4, -0.2) is 38.7 Å². The van der Waals surface area contributed by atoms with Crippen LogP contribution < -0.4 is 5.32 Å². The summed E-state index contributed by atoms with van der Waals surface area (Å²) >= 11 is 1.14. The lowest BCUT2D eigenvalue weighted by atomic mass is 10.1. The molecule has 0 aliphatic heterocycles. The van der Waals surface area contributed by atoms with Crippen LogP contribution in [0.4, 0.5) is 9.39 Å². The number of aromatic nitrogens is 4. The van der Waals surface area contributed by atoms with Gasteiger partial charge in [-0.15, -0.1) is 21.5 Å². The van der Waals surface area contributed by atoms with Gasteiger partial charge in [-0.25, -0.2) is 9.18 Å². The Hall–Kier alpha value is -3.14. The second-order valence-corrected chi connectivity index (χ2v) is 7.05. The van der Waals surface area contributed by atoms with E-state index in [-0.39, 0.29) is 24.9 Å². The van der Waals surface area contributed by atoms with E-state index in [1.165, 1.54) is 6.07 Å². The van der Waals surface area contributed by atoms with Crippen molar-refractivity contribution >= 4 is 28.2 Å². The third-order valence-corrected chi connectivity index (χ3v) is 4.93. The number of benzene rings is 1. The van der Waals surface area contributed by atoms with E-state index in [4.69, 9.17) is 4.74 Å². The van der Waals surface area contributed by atoms with Crippen LogP contribution in [0, 0.1) is 19.7 Å². The zero-order valence-electron chi connectivity index (χ0n) is 15.5. The number of nitrogens with zero attached hydrogens (tertiary/aromatic N) is 4. The first kappa shape index (κ1) is 19.6. The minimum absolute atomic E-state index is 0.154. The summed E-state index contributed by atoms with van der Waals surface area (Å²) in [6.45, 7) is 5.28. The first-order valence-corrected chi connectivity index (χ1v) is 9.30. The number of thiophene rings is 1. The quantitative estimate of drug-likeness (QED) is 0.636. The molecule has 1 amide bonds. The predicted molar refractivity (Wildman–Crippen MR) is 102 cm³/mol. The number of aryl methyl sites for hydroxylation is 2. The monoisotopic (exact) mass is 403 g/mol. The van der Waals surface area contributed by atoms with Crippen LogP contribution in [-0.2, 0) is 16.1 Å². The van der Waals surface area contributed by atoms with Gasteiger partial charge in [-0.3, -0.25) is 4.79 Å². The lowest BCUT2D eigenvalue weighted by Gasteiger charge is -2.01. The standard InChI is InChI=1S/C18H18FN5O3S/c1-4-27-18(26)16-11(3)8-15(28-16)20-14(25)9-24-22-17(21-23-24)12-5-6-13(19)10(2)7-12/h5-8H,4,9H2,1-3H3,(H,20,25). The Morgan fingerprint density at radius 1 is 1.25 bits per heavy atom. The molecule has 8 nitrogen and oxygen atoms in total. The number of tetrazole rings is 1. The maximum Gasteiger partial charge on any atom is 0.348 e. The van der Waals surface area contributed by atoms with Gasteiger partial charge in [0.25, 0.3) is 0 Å². The Bertz CT molecular complexity index is 1030. The molecule has 0 aliphatic rings. The summed E-state index contributed by atoms with van der Waals surface area (Å²) < 4.78 is 18.4. The molecule has 0 aliphatic carbocycles. The zero-order valence-corrected chi connectivity index (χ0v) is 16.3. The van der Waals surface area contributed by atoms with Crippen LogP contribution in [0.5, 0.6) is 0 Å². The highest BCUT2D eigenvalue weighted by Crippen LogP contribution is 2.27. The zero-order chi connectivity index (χ0) is 20.3. The van der Waals surface area contributed by atoms with Crippen molar-refractivity contribution < 1.29 is 18.7 Å². The van der Waals surface area contributed by atoms with Gasteiger partial charge in [-0.1, -0.05) is 0 Å². The Kier molecular flexibility index (Phi) is 5.78. The van der Waals surface area contributed by atoms with Gasteiger partial charge in [0.05, 0.1) is 11.6 Å². The van der Waals surface area contributed by atoms with E-state index in [1.54, 1.807) is 39.0 Å². The average molecular weight is 403 g/mol. The minimum Gasteiger partial charge on any atom is -0.462 e. The van der Waals surface area contributed by atoms with Gasteiger partial charge in [-0.2, -0.15) is 4.80 Å². The molecule has 10 heteroatoms. The topological polar surface area (TPSA) is 99.0 Å². The number of carbonyl (C=O) groups excluding carboxylic acids is 2. The normalized spacial score (nSPS) is 10.7. The highest BCUT2D eigenvalue weighted by Gasteiger charge is 2.17. The summed E-state index contributed by atoms with van der Waals surface area (Å²) in [5.41, 5.74) is 1.81. The van der Waals surface area contributed by atoms with Gasteiger partial charge in [0.1, 0.15) is 17.2 Å². The maximum atomic E-state index is 13.4. The number of anilines is 1. The van der Waals surface area contributed by atoms with Crippen molar-refractivity contribution in [1.82, 2.24) is 20.2 Å². The molecule has 3 aromatic rings. The second kappa shape index (κ2) is 8.26. The van der Waals surface area contributed by atoms with E-state index in [2.05, 4.69) is 20.7 Å². The van der Waals surface area contributed by atoms with Crippen LogP contribution >= 0.6 is 11.3 Å². The van der Waals surface area contributed by atoms with Crippen LogP contribution in [0.1, 0.15) is 27.7 Å². The molecule has 0 saturated carbocycles. The van der Waals surface area contributed by atoms with Gasteiger partial charge < -0.3 is 10.1 Å². The number of hydrogen-bond acceptors (Lipinski definition) is 7. The first-order chi connectivity index (χ1) is 13.4. The molecule has 1 aromatic carbocycles. The van der Waals surface area contributed by atoms with E-state index in [1.807, 2.05) is 0 Å². The van der Waals surface area contributed by atoms with Crippen molar-refractivity contribution in [2.75, 3.05) is 11.9 Å². The fourth-order valence-electron chi connectivity index (χ4n) is 2.46. The molecule has 28 heavy (non-hydrogen) atoms.